The van der Waals surface area contributed by atoms with Crippen molar-refractivity contribution in [3.8, 4) is 6.07 Å². The monoisotopic (exact) mass is 312 g/mol. The second-order valence-electron chi connectivity index (χ2n) is 4.25. The number of rotatable bonds is 3. The number of hydrogen-bond acceptors (Lipinski definition) is 6. The first-order valence-corrected chi connectivity index (χ1v) is 6.55. The summed E-state index contributed by atoms with van der Waals surface area (Å²) in [7, 11) is 0. The van der Waals surface area contributed by atoms with Crippen molar-refractivity contribution in [2.75, 3.05) is 16.9 Å². The fraction of sp³-hybridized carbons (Fsp3) is 0. The maximum atomic E-state index is 12.2. The number of hydrogen-bond donors (Lipinski definition) is 3. The van der Waals surface area contributed by atoms with Gasteiger partial charge in [-0.1, -0.05) is 30.3 Å². The Morgan fingerprint density at radius 2 is 2.05 bits per heavy atom. The zero-order chi connectivity index (χ0) is 16.1. The Hall–Kier alpha value is -3.18. The number of nitrogens with zero attached hydrogens (tertiary/aromatic N) is 3. The molecule has 0 saturated heterocycles. The summed E-state index contributed by atoms with van der Waals surface area (Å²) in [6.45, 7) is 0. The van der Waals surface area contributed by atoms with Gasteiger partial charge in [0, 0.05) is 6.07 Å². The topological polar surface area (TPSA) is 123 Å². The molecule has 0 aliphatic carbocycles. The summed E-state index contributed by atoms with van der Waals surface area (Å²) in [5.41, 5.74) is 14.3. The number of carbonyl (C=O) groups is 1. The molecular formula is C14H12N6OS. The lowest BCUT2D eigenvalue weighted by molar-refractivity contribution is -0.113. The van der Waals surface area contributed by atoms with Crippen LogP contribution in [0.5, 0.6) is 0 Å². The van der Waals surface area contributed by atoms with Gasteiger partial charge < -0.3 is 11.5 Å². The lowest BCUT2D eigenvalue weighted by Gasteiger charge is -2.11. The standard InChI is InChI=1S/C14H12N6OS/c15-8-10(6-9-4-2-1-3-5-9)13(21)19-20-12(17)7-11(16)18-14(20)22/h1-7H,17H2,(H,19,21)(H2,16,18,22)/b10-6+. The van der Waals surface area contributed by atoms with Gasteiger partial charge in [0.25, 0.3) is 5.91 Å². The van der Waals surface area contributed by atoms with E-state index in [2.05, 4.69) is 10.4 Å². The van der Waals surface area contributed by atoms with Crippen molar-refractivity contribution in [1.29, 1.82) is 5.26 Å². The van der Waals surface area contributed by atoms with Crippen molar-refractivity contribution in [2.45, 2.75) is 0 Å². The molecule has 0 unspecified atom stereocenters. The molecule has 0 bridgehead atoms. The highest BCUT2D eigenvalue weighted by atomic mass is 32.1. The Morgan fingerprint density at radius 3 is 2.64 bits per heavy atom. The maximum absolute atomic E-state index is 12.2. The summed E-state index contributed by atoms with van der Waals surface area (Å²) in [6.07, 6.45) is 1.46. The molecule has 0 fully saturated rings. The van der Waals surface area contributed by atoms with Crippen LogP contribution in [-0.2, 0) is 4.79 Å². The summed E-state index contributed by atoms with van der Waals surface area (Å²) < 4.78 is 1.08. The van der Waals surface area contributed by atoms with E-state index in [0.29, 0.717) is 0 Å². The summed E-state index contributed by atoms with van der Waals surface area (Å²) in [5, 5.41) is 9.14. The van der Waals surface area contributed by atoms with Gasteiger partial charge in [-0.15, -0.1) is 0 Å². The Balaban J connectivity index is 2.31. The molecule has 1 aromatic carbocycles. The van der Waals surface area contributed by atoms with E-state index in [1.807, 2.05) is 12.1 Å². The van der Waals surface area contributed by atoms with Gasteiger partial charge in [0.1, 0.15) is 23.3 Å². The molecule has 8 heteroatoms. The predicted molar refractivity (Wildman–Crippen MR) is 86.3 cm³/mol. The number of amides is 1. The molecule has 1 aromatic heterocycles. The quantitative estimate of drug-likeness (QED) is 0.448. The average molecular weight is 312 g/mol. The summed E-state index contributed by atoms with van der Waals surface area (Å²) in [5.74, 6) is -0.392. The van der Waals surface area contributed by atoms with E-state index in [0.717, 1.165) is 10.2 Å². The molecule has 0 spiro atoms. The SMILES string of the molecule is N#C/C(=C\c1ccccc1)C(=O)Nn1c(N)cc(N)nc1=S. The lowest BCUT2D eigenvalue weighted by Crippen LogP contribution is -2.27. The molecule has 110 valence electrons. The molecule has 2 rings (SSSR count). The van der Waals surface area contributed by atoms with Crippen molar-refractivity contribution in [3.63, 3.8) is 0 Å². The largest absolute Gasteiger partial charge is 0.384 e. The second-order valence-corrected chi connectivity index (χ2v) is 4.61. The highest BCUT2D eigenvalue weighted by Gasteiger charge is 2.11. The van der Waals surface area contributed by atoms with E-state index in [1.165, 1.54) is 12.1 Å². The lowest BCUT2D eigenvalue weighted by atomic mass is 10.1. The average Bonchev–Trinajstić information content (AvgIpc) is 2.49. The third kappa shape index (κ3) is 3.47. The summed E-state index contributed by atoms with van der Waals surface area (Å²) >= 11 is 4.97. The number of anilines is 2. The van der Waals surface area contributed by atoms with Crippen LogP contribution in [0.25, 0.3) is 6.08 Å². The molecule has 0 atom stereocenters. The Morgan fingerprint density at radius 1 is 1.36 bits per heavy atom. The number of aromatic nitrogens is 2. The van der Waals surface area contributed by atoms with E-state index < -0.39 is 5.91 Å². The normalized spacial score (nSPS) is 10.8. The smallest absolute Gasteiger partial charge is 0.280 e. The Kier molecular flexibility index (Phi) is 4.50. The molecule has 0 saturated carbocycles. The van der Waals surface area contributed by atoms with Gasteiger partial charge in [-0.05, 0) is 23.9 Å². The zero-order valence-corrected chi connectivity index (χ0v) is 12.2. The van der Waals surface area contributed by atoms with E-state index in [4.69, 9.17) is 28.9 Å². The Bertz CT molecular complexity index is 835. The molecule has 0 radical (unpaired) electrons. The van der Waals surface area contributed by atoms with Crippen LogP contribution >= 0.6 is 12.2 Å². The third-order valence-electron chi connectivity index (χ3n) is 2.66. The van der Waals surface area contributed by atoms with Crippen LogP contribution in [0.1, 0.15) is 5.56 Å². The fourth-order valence-corrected chi connectivity index (χ4v) is 1.91. The molecule has 2 aromatic rings. The first-order valence-electron chi connectivity index (χ1n) is 6.14. The van der Waals surface area contributed by atoms with Gasteiger partial charge >= 0.3 is 0 Å². The number of carbonyl (C=O) groups excluding carboxylic acids is 1. The van der Waals surface area contributed by atoms with Gasteiger partial charge in [0.15, 0.2) is 0 Å². The number of benzene rings is 1. The van der Waals surface area contributed by atoms with Crippen molar-refractivity contribution >= 4 is 35.8 Å². The number of nitrogen functional groups attached to an aromatic ring is 2. The second kappa shape index (κ2) is 6.51. The van der Waals surface area contributed by atoms with E-state index in [9.17, 15) is 4.79 Å². The molecule has 22 heavy (non-hydrogen) atoms. The van der Waals surface area contributed by atoms with Crippen LogP contribution in [0.2, 0.25) is 0 Å². The highest BCUT2D eigenvalue weighted by Crippen LogP contribution is 2.09. The first kappa shape index (κ1) is 15.2. The van der Waals surface area contributed by atoms with E-state index in [1.54, 1.807) is 24.3 Å². The van der Waals surface area contributed by atoms with Crippen molar-refractivity contribution in [2.24, 2.45) is 0 Å². The van der Waals surface area contributed by atoms with Crippen molar-refractivity contribution < 1.29 is 4.79 Å². The fourth-order valence-electron chi connectivity index (χ4n) is 1.66. The van der Waals surface area contributed by atoms with E-state index >= 15 is 0 Å². The molecule has 7 nitrogen and oxygen atoms in total. The molecular weight excluding hydrogens is 300 g/mol. The van der Waals surface area contributed by atoms with Gasteiger partial charge in [0.2, 0.25) is 4.77 Å². The third-order valence-corrected chi connectivity index (χ3v) is 2.93. The van der Waals surface area contributed by atoms with Crippen LogP contribution < -0.4 is 16.9 Å². The van der Waals surface area contributed by atoms with Crippen LogP contribution in [0, 0.1) is 16.1 Å². The molecule has 5 N–H and O–H groups in total. The minimum atomic E-state index is -0.652. The van der Waals surface area contributed by atoms with Gasteiger partial charge in [0.05, 0.1) is 0 Å². The molecule has 0 aliphatic heterocycles. The first-order chi connectivity index (χ1) is 10.5. The summed E-state index contributed by atoms with van der Waals surface area (Å²) in [6, 6.07) is 12.2. The molecule has 1 heterocycles. The van der Waals surface area contributed by atoms with Crippen LogP contribution in [0.3, 0.4) is 0 Å². The summed E-state index contributed by atoms with van der Waals surface area (Å²) in [4.78, 5) is 16.0. The Labute approximate surface area is 131 Å². The van der Waals surface area contributed by atoms with Crippen LogP contribution in [0.15, 0.2) is 42.0 Å². The highest BCUT2D eigenvalue weighted by molar-refractivity contribution is 7.71. The minimum absolute atomic E-state index is 0.0112. The van der Waals surface area contributed by atoms with Gasteiger partial charge in [-0.3, -0.25) is 10.2 Å². The molecule has 1 amide bonds. The zero-order valence-electron chi connectivity index (χ0n) is 11.4. The maximum Gasteiger partial charge on any atom is 0.280 e. The molecule has 0 aliphatic rings. The predicted octanol–water partition coefficient (Wildman–Crippen LogP) is 1.45. The number of nitriles is 1. The van der Waals surface area contributed by atoms with Crippen molar-refractivity contribution in [1.82, 2.24) is 9.66 Å². The minimum Gasteiger partial charge on any atom is -0.384 e. The number of nitrogens with two attached hydrogens (primary N) is 2. The van der Waals surface area contributed by atoms with Crippen LogP contribution in [0.4, 0.5) is 11.6 Å². The van der Waals surface area contributed by atoms with E-state index in [-0.39, 0.29) is 22.0 Å². The van der Waals surface area contributed by atoms with Crippen LogP contribution in [-0.4, -0.2) is 15.6 Å². The van der Waals surface area contributed by atoms with Crippen molar-refractivity contribution in [3.05, 3.63) is 52.3 Å². The van der Waals surface area contributed by atoms with Gasteiger partial charge in [-0.25, -0.2) is 9.66 Å². The number of nitrogens with one attached hydrogen (secondary N) is 1. The van der Waals surface area contributed by atoms with Gasteiger partial charge in [-0.2, -0.15) is 5.26 Å².